The van der Waals surface area contributed by atoms with Gasteiger partial charge in [-0.15, -0.1) is 0 Å². The minimum absolute atomic E-state index is 0.137. The molecule has 0 aliphatic carbocycles. The zero-order chi connectivity index (χ0) is 27.6. The van der Waals surface area contributed by atoms with Crippen LogP contribution in [0.4, 0.5) is 5.69 Å². The number of nitrogens with one attached hydrogen (secondary N) is 1. The second kappa shape index (κ2) is 10.5. The fourth-order valence-corrected chi connectivity index (χ4v) is 4.87. The molecular formula is C30H30N4O5. The maximum Gasteiger partial charge on any atom is 0.277 e. The largest absolute Gasteiger partial charge is 0.497 e. The normalized spacial score (nSPS) is 16.4. The van der Waals surface area contributed by atoms with Gasteiger partial charge in [0.2, 0.25) is 5.91 Å². The number of carbonyl (C=O) groups excluding carboxylic acids is 2. The van der Waals surface area contributed by atoms with Crippen LogP contribution in [-0.4, -0.2) is 48.5 Å². The highest BCUT2D eigenvalue weighted by Gasteiger charge is 2.49. The molecule has 2 amide bonds. The van der Waals surface area contributed by atoms with Crippen molar-refractivity contribution in [2.75, 3.05) is 26.2 Å². The number of hydrogen-bond acceptors (Lipinski definition) is 6. The molecule has 0 unspecified atom stereocenters. The number of anilines is 1. The van der Waals surface area contributed by atoms with Gasteiger partial charge in [0.25, 0.3) is 5.91 Å². The molecule has 3 aromatic carbocycles. The number of para-hydroxylation sites is 1. The molecule has 39 heavy (non-hydrogen) atoms. The minimum Gasteiger partial charge on any atom is -0.497 e. The van der Waals surface area contributed by atoms with Crippen LogP contribution < -0.4 is 24.4 Å². The Labute approximate surface area is 226 Å². The lowest BCUT2D eigenvalue weighted by Gasteiger charge is -2.43. The average Bonchev–Trinajstić information content (AvgIpc) is 3.40. The highest BCUT2D eigenvalue weighted by molar-refractivity contribution is 6.12. The van der Waals surface area contributed by atoms with E-state index < -0.39 is 5.54 Å². The van der Waals surface area contributed by atoms with E-state index in [1.165, 1.54) is 19.1 Å². The Kier molecular flexibility index (Phi) is 6.98. The number of hydrogen-bond donors (Lipinski definition) is 1. The summed E-state index contributed by atoms with van der Waals surface area (Å²) in [6.07, 6.45) is 0. The van der Waals surface area contributed by atoms with Crippen LogP contribution in [0, 0.1) is 0 Å². The number of carbonyl (C=O) groups is 2. The Morgan fingerprint density at radius 3 is 2.26 bits per heavy atom. The van der Waals surface area contributed by atoms with E-state index >= 15 is 0 Å². The number of rotatable bonds is 8. The number of amides is 2. The molecule has 0 saturated heterocycles. The summed E-state index contributed by atoms with van der Waals surface area (Å²) >= 11 is 0. The number of nitrogens with zero attached hydrogens (tertiary/aromatic N) is 3. The van der Waals surface area contributed by atoms with Gasteiger partial charge < -0.3 is 19.5 Å². The van der Waals surface area contributed by atoms with Crippen LogP contribution in [0.15, 0.2) is 78.9 Å². The molecule has 5 rings (SSSR count). The second-order valence-corrected chi connectivity index (χ2v) is 9.42. The van der Waals surface area contributed by atoms with Crippen molar-refractivity contribution in [2.45, 2.75) is 25.6 Å². The summed E-state index contributed by atoms with van der Waals surface area (Å²) in [4.78, 5) is 29.6. The van der Waals surface area contributed by atoms with E-state index in [-0.39, 0.29) is 24.9 Å². The van der Waals surface area contributed by atoms with Crippen molar-refractivity contribution >= 4 is 17.5 Å². The Bertz CT molecular complexity index is 1490. The molecule has 0 radical (unpaired) electrons. The lowest BCUT2D eigenvalue weighted by molar-refractivity contribution is -0.126. The maximum absolute atomic E-state index is 14.1. The van der Waals surface area contributed by atoms with E-state index in [0.717, 1.165) is 11.1 Å². The van der Waals surface area contributed by atoms with E-state index in [1.54, 1.807) is 43.0 Å². The van der Waals surface area contributed by atoms with Gasteiger partial charge in [-0.25, -0.2) is 0 Å². The van der Waals surface area contributed by atoms with E-state index in [4.69, 9.17) is 19.3 Å². The van der Waals surface area contributed by atoms with E-state index in [9.17, 15) is 9.59 Å². The predicted octanol–water partition coefficient (Wildman–Crippen LogP) is 4.31. The van der Waals surface area contributed by atoms with Crippen molar-refractivity contribution in [1.82, 2.24) is 15.1 Å². The lowest BCUT2D eigenvalue weighted by Crippen LogP contribution is -2.64. The molecule has 0 fully saturated rings. The molecule has 0 saturated carbocycles. The standard InChI is InChI=1S/C30H30N4O5/c1-30(29(36)31-18-21-12-8-9-13-27(21)39-4)19-33-26(17-25(32-33)20-10-6-5-7-11-20)28(35)34(30)22-14-23(37-2)16-24(15-22)38-3/h5-17H,18-19H2,1-4H3,(H,31,36)/t30-/m1/s1. The van der Waals surface area contributed by atoms with E-state index in [2.05, 4.69) is 5.32 Å². The first-order valence-corrected chi connectivity index (χ1v) is 12.5. The van der Waals surface area contributed by atoms with Crippen molar-refractivity contribution in [3.63, 3.8) is 0 Å². The molecule has 1 aliphatic heterocycles. The lowest BCUT2D eigenvalue weighted by atomic mass is 9.93. The Hall–Kier alpha value is -4.79. The molecule has 0 spiro atoms. The Morgan fingerprint density at radius 1 is 0.923 bits per heavy atom. The summed E-state index contributed by atoms with van der Waals surface area (Å²) in [6, 6.07) is 24.0. The average molecular weight is 527 g/mol. The fraction of sp³-hybridized carbons (Fsp3) is 0.233. The third kappa shape index (κ3) is 4.79. The molecule has 2 heterocycles. The highest BCUT2D eigenvalue weighted by atomic mass is 16.5. The van der Waals surface area contributed by atoms with E-state index in [1.807, 2.05) is 54.6 Å². The topological polar surface area (TPSA) is 94.9 Å². The molecule has 1 atom stereocenters. The van der Waals surface area contributed by atoms with Gasteiger partial charge in [0, 0.05) is 35.9 Å². The van der Waals surface area contributed by atoms with Crippen LogP contribution in [-0.2, 0) is 17.9 Å². The second-order valence-electron chi connectivity index (χ2n) is 9.42. The fourth-order valence-electron chi connectivity index (χ4n) is 4.87. The number of benzene rings is 3. The predicted molar refractivity (Wildman–Crippen MR) is 147 cm³/mol. The number of ether oxygens (including phenoxy) is 3. The van der Waals surface area contributed by atoms with E-state index in [0.29, 0.717) is 34.3 Å². The molecule has 1 aliphatic rings. The zero-order valence-corrected chi connectivity index (χ0v) is 22.3. The first kappa shape index (κ1) is 25.8. The molecule has 9 heteroatoms. The van der Waals surface area contributed by atoms with Crippen molar-refractivity contribution < 1.29 is 23.8 Å². The van der Waals surface area contributed by atoms with Gasteiger partial charge in [-0.05, 0) is 19.1 Å². The van der Waals surface area contributed by atoms with Gasteiger partial charge in [0.05, 0.1) is 39.3 Å². The van der Waals surface area contributed by atoms with Gasteiger partial charge in [-0.1, -0.05) is 48.5 Å². The van der Waals surface area contributed by atoms with Crippen LogP contribution in [0.3, 0.4) is 0 Å². The van der Waals surface area contributed by atoms with Crippen molar-refractivity contribution in [3.05, 3.63) is 90.1 Å². The van der Waals surface area contributed by atoms with Crippen LogP contribution in [0.1, 0.15) is 23.0 Å². The zero-order valence-electron chi connectivity index (χ0n) is 22.3. The van der Waals surface area contributed by atoms with Crippen molar-refractivity contribution in [2.24, 2.45) is 0 Å². The first-order valence-electron chi connectivity index (χ1n) is 12.5. The van der Waals surface area contributed by atoms with Crippen LogP contribution in [0.5, 0.6) is 17.2 Å². The smallest absolute Gasteiger partial charge is 0.277 e. The highest BCUT2D eigenvalue weighted by Crippen LogP contribution is 2.38. The summed E-state index contributed by atoms with van der Waals surface area (Å²) in [5.41, 5.74) is 1.87. The van der Waals surface area contributed by atoms with Gasteiger partial charge in [0.15, 0.2) is 0 Å². The number of fused-ring (bicyclic) bond motifs is 1. The number of aromatic nitrogens is 2. The summed E-state index contributed by atoms with van der Waals surface area (Å²) < 4.78 is 18.0. The van der Waals surface area contributed by atoms with Gasteiger partial charge in [-0.2, -0.15) is 5.10 Å². The maximum atomic E-state index is 14.1. The van der Waals surface area contributed by atoms with Gasteiger partial charge in [0.1, 0.15) is 28.5 Å². The number of methoxy groups -OCH3 is 3. The Morgan fingerprint density at radius 2 is 1.59 bits per heavy atom. The minimum atomic E-state index is -1.33. The molecule has 4 aromatic rings. The summed E-state index contributed by atoms with van der Waals surface area (Å²) in [6.45, 7) is 2.10. The van der Waals surface area contributed by atoms with Crippen LogP contribution in [0.2, 0.25) is 0 Å². The summed E-state index contributed by atoms with van der Waals surface area (Å²) in [7, 11) is 4.66. The molecule has 1 N–H and O–H groups in total. The van der Waals surface area contributed by atoms with Crippen LogP contribution in [0.25, 0.3) is 11.3 Å². The third-order valence-electron chi connectivity index (χ3n) is 6.94. The molecular weight excluding hydrogens is 496 g/mol. The SMILES string of the molecule is COc1cc(OC)cc(N2C(=O)c3cc(-c4ccccc4)nn3C[C@]2(C)C(=O)NCc2ccccc2OC)c1. The molecule has 1 aromatic heterocycles. The monoisotopic (exact) mass is 526 g/mol. The van der Waals surface area contributed by atoms with Crippen molar-refractivity contribution in [1.29, 1.82) is 0 Å². The first-order chi connectivity index (χ1) is 18.9. The van der Waals surface area contributed by atoms with Crippen LogP contribution >= 0.6 is 0 Å². The Balaban J connectivity index is 1.58. The molecule has 9 nitrogen and oxygen atoms in total. The third-order valence-corrected chi connectivity index (χ3v) is 6.94. The van der Waals surface area contributed by atoms with Gasteiger partial charge in [-0.3, -0.25) is 19.2 Å². The molecule has 200 valence electrons. The summed E-state index contributed by atoms with van der Waals surface area (Å²) in [5, 5.41) is 7.72. The quantitative estimate of drug-likeness (QED) is 0.368. The van der Waals surface area contributed by atoms with Crippen molar-refractivity contribution in [3.8, 4) is 28.5 Å². The molecule has 0 bridgehead atoms. The summed E-state index contributed by atoms with van der Waals surface area (Å²) in [5.74, 6) is 0.960. The van der Waals surface area contributed by atoms with Gasteiger partial charge >= 0.3 is 0 Å².